The highest BCUT2D eigenvalue weighted by atomic mass is 28.4. The summed E-state index contributed by atoms with van der Waals surface area (Å²) in [5, 5.41) is 0. The van der Waals surface area contributed by atoms with Gasteiger partial charge in [-0.05, 0) is 13.3 Å². The lowest BCUT2D eigenvalue weighted by molar-refractivity contribution is -0.0303. The van der Waals surface area contributed by atoms with Crippen LogP contribution in [-0.2, 0) is 22.8 Å². The molecular formula is C9H20O5Si. The first kappa shape index (κ1) is 13.1. The minimum atomic E-state index is -2.41. The molecule has 0 N–H and O–H groups in total. The van der Waals surface area contributed by atoms with Crippen molar-refractivity contribution in [1.29, 1.82) is 0 Å². The minimum absolute atomic E-state index is 0.336. The molecule has 0 aromatic rings. The first-order valence-corrected chi connectivity index (χ1v) is 6.96. The monoisotopic (exact) mass is 236 g/mol. The molecule has 0 spiro atoms. The van der Waals surface area contributed by atoms with Crippen molar-refractivity contribution in [3.05, 3.63) is 0 Å². The van der Waals surface area contributed by atoms with Crippen LogP contribution >= 0.6 is 0 Å². The van der Waals surface area contributed by atoms with Crippen molar-refractivity contribution < 1.29 is 22.8 Å². The van der Waals surface area contributed by atoms with E-state index in [1.54, 1.807) is 21.3 Å². The Labute approximate surface area is 92.0 Å². The highest BCUT2D eigenvalue weighted by molar-refractivity contribution is 6.60. The highest BCUT2D eigenvalue weighted by Crippen LogP contribution is 2.27. The van der Waals surface area contributed by atoms with E-state index >= 15 is 0 Å². The van der Waals surface area contributed by atoms with Crippen molar-refractivity contribution in [3.63, 3.8) is 0 Å². The summed E-state index contributed by atoms with van der Waals surface area (Å²) in [7, 11) is 2.44. The van der Waals surface area contributed by atoms with Crippen LogP contribution in [0.15, 0.2) is 0 Å². The van der Waals surface area contributed by atoms with E-state index < -0.39 is 8.80 Å². The fourth-order valence-electron chi connectivity index (χ4n) is 1.32. The molecule has 1 rings (SSSR count). The molecule has 1 atom stereocenters. The third-order valence-corrected chi connectivity index (χ3v) is 5.35. The molecule has 0 amide bonds. The van der Waals surface area contributed by atoms with Crippen LogP contribution in [0.5, 0.6) is 0 Å². The molecule has 90 valence electrons. The SMILES string of the molecule is CO[Si](CCCOC1(C)CO1)(OC)OC. The van der Waals surface area contributed by atoms with Crippen LogP contribution in [-0.4, -0.2) is 49.1 Å². The third kappa shape index (κ3) is 3.82. The van der Waals surface area contributed by atoms with E-state index in [1.165, 1.54) is 0 Å². The maximum atomic E-state index is 5.50. The number of epoxide rings is 1. The Balaban J connectivity index is 2.16. The molecule has 1 aliphatic rings. The molecule has 1 heterocycles. The van der Waals surface area contributed by atoms with Gasteiger partial charge in [-0.25, -0.2) is 0 Å². The largest absolute Gasteiger partial charge is 0.500 e. The Bertz CT molecular complexity index is 183. The summed E-state index contributed by atoms with van der Waals surface area (Å²) in [5.41, 5.74) is 0. The van der Waals surface area contributed by atoms with Crippen LogP contribution in [0.3, 0.4) is 0 Å². The second-order valence-corrected chi connectivity index (χ2v) is 6.76. The summed E-state index contributed by atoms with van der Waals surface area (Å²) in [4.78, 5) is 0. The highest BCUT2D eigenvalue weighted by Gasteiger charge is 2.41. The van der Waals surface area contributed by atoms with E-state index in [2.05, 4.69) is 0 Å². The van der Waals surface area contributed by atoms with E-state index in [0.29, 0.717) is 13.2 Å². The molecule has 0 bridgehead atoms. The van der Waals surface area contributed by atoms with Crippen molar-refractivity contribution in [2.24, 2.45) is 0 Å². The Hall–Kier alpha value is 0.0169. The van der Waals surface area contributed by atoms with Crippen LogP contribution in [0.2, 0.25) is 6.04 Å². The molecule has 1 aliphatic heterocycles. The molecule has 15 heavy (non-hydrogen) atoms. The molecule has 5 nitrogen and oxygen atoms in total. The van der Waals surface area contributed by atoms with Gasteiger partial charge in [-0.2, -0.15) is 0 Å². The Morgan fingerprint density at radius 3 is 2.13 bits per heavy atom. The predicted molar refractivity (Wildman–Crippen MR) is 56.5 cm³/mol. The van der Waals surface area contributed by atoms with E-state index in [4.69, 9.17) is 22.8 Å². The zero-order valence-electron chi connectivity index (χ0n) is 9.87. The van der Waals surface area contributed by atoms with Crippen molar-refractivity contribution in [2.75, 3.05) is 34.5 Å². The van der Waals surface area contributed by atoms with Gasteiger partial charge < -0.3 is 22.8 Å². The van der Waals surface area contributed by atoms with Gasteiger partial charge in [0.25, 0.3) is 0 Å². The van der Waals surface area contributed by atoms with Crippen LogP contribution in [0.25, 0.3) is 0 Å². The Kier molecular flexibility index (Phi) is 4.69. The maximum Gasteiger partial charge on any atom is 0.500 e. The maximum absolute atomic E-state index is 5.50. The zero-order valence-corrected chi connectivity index (χ0v) is 10.9. The summed E-state index contributed by atoms with van der Waals surface area (Å²) in [5.74, 6) is -0.336. The second kappa shape index (κ2) is 5.38. The normalized spacial score (nSPS) is 25.6. The molecule has 1 saturated heterocycles. The molecule has 6 heteroatoms. The van der Waals surface area contributed by atoms with E-state index in [1.807, 2.05) is 6.92 Å². The van der Waals surface area contributed by atoms with Crippen molar-refractivity contribution in [1.82, 2.24) is 0 Å². The quantitative estimate of drug-likeness (QED) is 0.358. The van der Waals surface area contributed by atoms with Crippen LogP contribution in [0.1, 0.15) is 13.3 Å². The minimum Gasteiger partial charge on any atom is -0.377 e. The Morgan fingerprint density at radius 2 is 1.73 bits per heavy atom. The molecule has 1 fully saturated rings. The summed E-state index contributed by atoms with van der Waals surface area (Å²) in [6.45, 7) is 3.26. The number of ether oxygens (including phenoxy) is 2. The second-order valence-electron chi connectivity index (χ2n) is 3.67. The molecule has 0 radical (unpaired) electrons. The zero-order chi connectivity index (χ0) is 11.4. The first-order valence-electron chi connectivity index (χ1n) is 5.03. The summed E-state index contributed by atoms with van der Waals surface area (Å²) < 4.78 is 26.5. The first-order chi connectivity index (χ1) is 7.10. The van der Waals surface area contributed by atoms with Gasteiger partial charge in [-0.3, -0.25) is 0 Å². The lowest BCUT2D eigenvalue weighted by Crippen LogP contribution is -2.42. The molecule has 0 aromatic carbocycles. The van der Waals surface area contributed by atoms with Gasteiger partial charge in [0.05, 0.1) is 6.61 Å². The van der Waals surface area contributed by atoms with Crippen molar-refractivity contribution in [2.45, 2.75) is 25.2 Å². The number of rotatable bonds is 8. The number of hydrogen-bond acceptors (Lipinski definition) is 5. The van der Waals surface area contributed by atoms with Crippen molar-refractivity contribution in [3.8, 4) is 0 Å². The van der Waals surface area contributed by atoms with E-state index in [9.17, 15) is 0 Å². The molecule has 1 unspecified atom stereocenters. The Morgan fingerprint density at radius 1 is 1.20 bits per heavy atom. The smallest absolute Gasteiger partial charge is 0.377 e. The molecule has 0 aromatic heterocycles. The molecular weight excluding hydrogens is 216 g/mol. The van der Waals surface area contributed by atoms with Gasteiger partial charge in [0, 0.05) is 27.4 Å². The summed E-state index contributed by atoms with van der Waals surface area (Å²) in [6.07, 6.45) is 0.848. The van der Waals surface area contributed by atoms with Crippen LogP contribution < -0.4 is 0 Å². The van der Waals surface area contributed by atoms with E-state index in [0.717, 1.165) is 12.5 Å². The summed E-state index contributed by atoms with van der Waals surface area (Å²) >= 11 is 0. The van der Waals surface area contributed by atoms with E-state index in [-0.39, 0.29) is 5.79 Å². The lowest BCUT2D eigenvalue weighted by atomic mass is 10.4. The van der Waals surface area contributed by atoms with Gasteiger partial charge in [-0.15, -0.1) is 0 Å². The average molecular weight is 236 g/mol. The van der Waals surface area contributed by atoms with Gasteiger partial charge in [-0.1, -0.05) is 0 Å². The van der Waals surface area contributed by atoms with Crippen LogP contribution in [0.4, 0.5) is 0 Å². The average Bonchev–Trinajstić information content (AvgIpc) is 2.99. The standard InChI is InChI=1S/C9H20O5Si/c1-9(8-14-9)13-6-5-7-15(10-2,11-3)12-4/h5-8H2,1-4H3. The molecule has 0 saturated carbocycles. The summed E-state index contributed by atoms with van der Waals surface area (Å²) in [6, 6.07) is 0.757. The predicted octanol–water partition coefficient (Wildman–Crippen LogP) is 1.02. The van der Waals surface area contributed by atoms with Gasteiger partial charge >= 0.3 is 8.80 Å². The van der Waals surface area contributed by atoms with Crippen molar-refractivity contribution >= 4 is 8.80 Å². The fourth-order valence-corrected chi connectivity index (χ4v) is 3.01. The fraction of sp³-hybridized carbons (Fsp3) is 1.00. The van der Waals surface area contributed by atoms with Gasteiger partial charge in [0.15, 0.2) is 5.79 Å². The lowest BCUT2D eigenvalue weighted by Gasteiger charge is -2.24. The van der Waals surface area contributed by atoms with Gasteiger partial charge in [0.2, 0.25) is 0 Å². The third-order valence-electron chi connectivity index (χ3n) is 2.52. The topological polar surface area (TPSA) is 49.5 Å². The number of hydrogen-bond donors (Lipinski definition) is 0. The van der Waals surface area contributed by atoms with Gasteiger partial charge in [0.1, 0.15) is 6.61 Å². The van der Waals surface area contributed by atoms with Crippen LogP contribution in [0, 0.1) is 0 Å². The molecule has 0 aliphatic carbocycles.